The average molecular weight is 521 g/mol. The Hall–Kier alpha value is -3.33. The Morgan fingerprint density at radius 1 is 0.939 bits per heavy atom. The first-order valence-corrected chi connectivity index (χ1v) is 10.5. The minimum absolute atomic E-state index is 0.0231. The number of ether oxygens (including phenoxy) is 2. The Morgan fingerprint density at radius 3 is 2.33 bits per heavy atom. The first-order valence-electron chi connectivity index (χ1n) is 9.73. The van der Waals surface area contributed by atoms with E-state index in [9.17, 15) is 17.6 Å². The lowest BCUT2D eigenvalue weighted by molar-refractivity contribution is -0.137. The highest BCUT2D eigenvalue weighted by Crippen LogP contribution is 2.34. The molecular weight excluding hydrogens is 504 g/mol. The molecule has 1 aromatic heterocycles. The van der Waals surface area contributed by atoms with Gasteiger partial charge in [0, 0.05) is 27.4 Å². The van der Waals surface area contributed by atoms with E-state index >= 15 is 0 Å². The van der Waals surface area contributed by atoms with E-state index in [-0.39, 0.29) is 12.4 Å². The standard InChI is InChI=1S/C24H17BrF4N2O2/c1-32-22-10-15(5-9-21(22)33-13-16-4-8-18(25)11-19(16)26)20-12-30-23(31-20)14-2-6-17(7-3-14)24(27,28)29/h2-12H,13H2,1H3,(H,30,31). The molecule has 0 atom stereocenters. The molecular formula is C24H17BrF4N2O2. The molecule has 4 aromatic rings. The SMILES string of the molecule is COc1cc(-c2c[nH]c(-c3ccc(C(F)(F)F)cc3)n2)ccc1OCc1ccc(Br)cc1F. The summed E-state index contributed by atoms with van der Waals surface area (Å²) in [4.78, 5) is 7.45. The summed E-state index contributed by atoms with van der Waals surface area (Å²) in [5.74, 6) is 0.919. The molecule has 33 heavy (non-hydrogen) atoms. The minimum atomic E-state index is -4.39. The molecule has 0 bridgehead atoms. The van der Waals surface area contributed by atoms with Crippen molar-refractivity contribution in [2.75, 3.05) is 7.11 Å². The maximum atomic E-state index is 14.0. The third-order valence-corrected chi connectivity index (χ3v) is 5.41. The van der Waals surface area contributed by atoms with Gasteiger partial charge in [-0.3, -0.25) is 0 Å². The molecule has 0 saturated heterocycles. The van der Waals surface area contributed by atoms with Gasteiger partial charge in [0.05, 0.1) is 18.4 Å². The summed E-state index contributed by atoms with van der Waals surface area (Å²) in [6.45, 7) is 0.0231. The fourth-order valence-corrected chi connectivity index (χ4v) is 3.51. The molecule has 1 N–H and O–H groups in total. The van der Waals surface area contributed by atoms with Crippen molar-refractivity contribution in [2.24, 2.45) is 0 Å². The van der Waals surface area contributed by atoms with Crippen molar-refractivity contribution in [3.63, 3.8) is 0 Å². The lowest BCUT2D eigenvalue weighted by Crippen LogP contribution is -2.04. The second kappa shape index (κ2) is 9.27. The molecule has 0 spiro atoms. The molecule has 0 radical (unpaired) electrons. The fraction of sp³-hybridized carbons (Fsp3) is 0.125. The summed E-state index contributed by atoms with van der Waals surface area (Å²) in [7, 11) is 1.49. The van der Waals surface area contributed by atoms with Crippen molar-refractivity contribution in [3.05, 3.63) is 88.3 Å². The summed E-state index contributed by atoms with van der Waals surface area (Å²) in [5, 5.41) is 0. The Labute approximate surface area is 195 Å². The average Bonchev–Trinajstić information content (AvgIpc) is 3.28. The number of methoxy groups -OCH3 is 1. The largest absolute Gasteiger partial charge is 0.493 e. The quantitative estimate of drug-likeness (QED) is 0.272. The number of nitrogens with one attached hydrogen (secondary N) is 1. The Morgan fingerprint density at radius 2 is 1.67 bits per heavy atom. The lowest BCUT2D eigenvalue weighted by atomic mass is 10.1. The monoisotopic (exact) mass is 520 g/mol. The molecule has 4 rings (SSSR count). The number of nitrogens with zero attached hydrogens (tertiary/aromatic N) is 1. The summed E-state index contributed by atoms with van der Waals surface area (Å²) < 4.78 is 64.1. The first kappa shape index (κ1) is 22.8. The molecule has 3 aromatic carbocycles. The van der Waals surface area contributed by atoms with Gasteiger partial charge in [-0.2, -0.15) is 13.2 Å². The van der Waals surface area contributed by atoms with Crippen molar-refractivity contribution in [1.29, 1.82) is 0 Å². The van der Waals surface area contributed by atoms with Crippen molar-refractivity contribution in [2.45, 2.75) is 12.8 Å². The first-order chi connectivity index (χ1) is 15.7. The minimum Gasteiger partial charge on any atom is -0.493 e. The molecule has 170 valence electrons. The highest BCUT2D eigenvalue weighted by atomic mass is 79.9. The van der Waals surface area contributed by atoms with Gasteiger partial charge in [-0.25, -0.2) is 9.37 Å². The van der Waals surface area contributed by atoms with Gasteiger partial charge in [0.1, 0.15) is 18.2 Å². The maximum absolute atomic E-state index is 14.0. The van der Waals surface area contributed by atoms with Gasteiger partial charge in [0.2, 0.25) is 0 Å². The van der Waals surface area contributed by atoms with Gasteiger partial charge in [-0.1, -0.05) is 34.1 Å². The van der Waals surface area contributed by atoms with Crippen LogP contribution in [0.1, 0.15) is 11.1 Å². The van der Waals surface area contributed by atoms with Crippen LogP contribution < -0.4 is 9.47 Å². The lowest BCUT2D eigenvalue weighted by Gasteiger charge is -2.12. The van der Waals surface area contributed by atoms with Gasteiger partial charge < -0.3 is 14.5 Å². The van der Waals surface area contributed by atoms with Crippen LogP contribution in [0.2, 0.25) is 0 Å². The fourth-order valence-electron chi connectivity index (χ4n) is 3.17. The van der Waals surface area contributed by atoms with Crippen LogP contribution in [0.15, 0.2) is 71.3 Å². The topological polar surface area (TPSA) is 47.1 Å². The molecule has 0 amide bonds. The van der Waals surface area contributed by atoms with E-state index in [4.69, 9.17) is 9.47 Å². The van der Waals surface area contributed by atoms with Crippen LogP contribution in [-0.4, -0.2) is 17.1 Å². The number of benzene rings is 3. The molecule has 9 heteroatoms. The van der Waals surface area contributed by atoms with Crippen LogP contribution in [-0.2, 0) is 12.8 Å². The molecule has 0 unspecified atom stereocenters. The maximum Gasteiger partial charge on any atom is 0.416 e. The molecule has 1 heterocycles. The number of aromatic amines is 1. The van der Waals surface area contributed by atoms with E-state index in [0.29, 0.717) is 44.2 Å². The number of H-pyrrole nitrogens is 1. The number of aromatic nitrogens is 2. The number of halogens is 5. The van der Waals surface area contributed by atoms with Gasteiger partial charge in [-0.05, 0) is 42.5 Å². The van der Waals surface area contributed by atoms with Gasteiger partial charge >= 0.3 is 6.18 Å². The second-order valence-corrected chi connectivity index (χ2v) is 8.02. The Balaban J connectivity index is 1.52. The van der Waals surface area contributed by atoms with Crippen LogP contribution in [0.4, 0.5) is 17.6 Å². The van der Waals surface area contributed by atoms with Crippen molar-refractivity contribution >= 4 is 15.9 Å². The molecule has 0 fully saturated rings. The number of hydrogen-bond donors (Lipinski definition) is 1. The predicted octanol–water partition coefficient (Wildman–Crippen LogP) is 7.25. The molecule has 0 aliphatic heterocycles. The van der Waals surface area contributed by atoms with E-state index < -0.39 is 11.7 Å². The number of alkyl halides is 3. The second-order valence-electron chi connectivity index (χ2n) is 7.10. The van der Waals surface area contributed by atoms with Crippen molar-refractivity contribution in [3.8, 4) is 34.1 Å². The zero-order valence-electron chi connectivity index (χ0n) is 17.2. The summed E-state index contributed by atoms with van der Waals surface area (Å²) in [6.07, 6.45) is -2.74. The van der Waals surface area contributed by atoms with Crippen LogP contribution >= 0.6 is 15.9 Å². The summed E-state index contributed by atoms with van der Waals surface area (Å²) in [5.41, 5.74) is 1.49. The van der Waals surface area contributed by atoms with E-state index in [1.807, 2.05) is 0 Å². The summed E-state index contributed by atoms with van der Waals surface area (Å²) >= 11 is 3.22. The third kappa shape index (κ3) is 5.19. The van der Waals surface area contributed by atoms with Crippen LogP contribution in [0, 0.1) is 5.82 Å². The zero-order chi connectivity index (χ0) is 23.6. The van der Waals surface area contributed by atoms with Crippen LogP contribution in [0.25, 0.3) is 22.6 Å². The van der Waals surface area contributed by atoms with Gasteiger partial charge in [0.15, 0.2) is 11.5 Å². The van der Waals surface area contributed by atoms with E-state index in [1.165, 1.54) is 25.3 Å². The van der Waals surface area contributed by atoms with Gasteiger partial charge in [-0.15, -0.1) is 0 Å². The Kier molecular flexibility index (Phi) is 6.42. The van der Waals surface area contributed by atoms with E-state index in [2.05, 4.69) is 25.9 Å². The highest BCUT2D eigenvalue weighted by Gasteiger charge is 2.30. The Bertz CT molecular complexity index is 1270. The summed E-state index contributed by atoms with van der Waals surface area (Å²) in [6, 6.07) is 14.7. The molecule has 4 nitrogen and oxygen atoms in total. The third-order valence-electron chi connectivity index (χ3n) is 4.92. The zero-order valence-corrected chi connectivity index (χ0v) is 18.8. The smallest absolute Gasteiger partial charge is 0.416 e. The molecule has 0 aliphatic carbocycles. The highest BCUT2D eigenvalue weighted by molar-refractivity contribution is 9.10. The number of imidazole rings is 1. The van der Waals surface area contributed by atoms with Crippen LogP contribution in [0.5, 0.6) is 11.5 Å². The molecule has 0 aliphatic rings. The predicted molar refractivity (Wildman–Crippen MR) is 119 cm³/mol. The number of hydrogen-bond acceptors (Lipinski definition) is 3. The normalized spacial score (nSPS) is 11.5. The van der Waals surface area contributed by atoms with E-state index in [1.54, 1.807) is 36.5 Å². The van der Waals surface area contributed by atoms with Crippen molar-refractivity contribution < 1.29 is 27.0 Å². The molecule has 0 saturated carbocycles. The number of rotatable bonds is 6. The van der Waals surface area contributed by atoms with Crippen molar-refractivity contribution in [1.82, 2.24) is 9.97 Å². The van der Waals surface area contributed by atoms with E-state index in [0.717, 1.165) is 12.1 Å². The van der Waals surface area contributed by atoms with Gasteiger partial charge in [0.25, 0.3) is 0 Å². The van der Waals surface area contributed by atoms with Crippen LogP contribution in [0.3, 0.4) is 0 Å².